The Morgan fingerprint density at radius 2 is 2.09 bits per heavy atom. The topological polar surface area (TPSA) is 136 Å². The zero-order valence-corrected chi connectivity index (χ0v) is 26.6. The van der Waals surface area contributed by atoms with Crippen LogP contribution in [-0.2, 0) is 17.9 Å². The van der Waals surface area contributed by atoms with Gasteiger partial charge in [0.05, 0.1) is 28.6 Å². The summed E-state index contributed by atoms with van der Waals surface area (Å²) in [7, 11) is 0. The average Bonchev–Trinajstić information content (AvgIpc) is 3.42. The third-order valence-electron chi connectivity index (χ3n) is 8.72. The maximum atomic E-state index is 13.7. The molecule has 12 heteroatoms. The van der Waals surface area contributed by atoms with E-state index in [2.05, 4.69) is 28.6 Å². The number of carbonyl (C=O) groups is 2. The summed E-state index contributed by atoms with van der Waals surface area (Å²) in [6.45, 7) is 5.46. The van der Waals surface area contributed by atoms with Crippen molar-refractivity contribution in [3.63, 3.8) is 0 Å². The van der Waals surface area contributed by atoms with Crippen molar-refractivity contribution in [3.05, 3.63) is 76.7 Å². The predicted octanol–water partition coefficient (Wildman–Crippen LogP) is 5.26. The third kappa shape index (κ3) is 6.87. The molecule has 2 amide bonds. The average molecular weight is 642 g/mol. The first kappa shape index (κ1) is 31.5. The van der Waals surface area contributed by atoms with Gasteiger partial charge >= 0.3 is 0 Å². The van der Waals surface area contributed by atoms with Crippen LogP contribution in [0.5, 0.6) is 0 Å². The number of thiophene rings is 1. The summed E-state index contributed by atoms with van der Waals surface area (Å²) in [6.07, 6.45) is 6.73. The van der Waals surface area contributed by atoms with Gasteiger partial charge in [0, 0.05) is 42.8 Å². The highest BCUT2D eigenvalue weighted by molar-refractivity contribution is 7.17. The number of allylic oxidation sites excluding steroid dienone is 1. The van der Waals surface area contributed by atoms with Crippen molar-refractivity contribution in [2.24, 2.45) is 5.41 Å². The van der Waals surface area contributed by atoms with E-state index in [1.807, 2.05) is 35.8 Å². The van der Waals surface area contributed by atoms with Crippen LogP contribution in [0.1, 0.15) is 54.8 Å². The number of benzene rings is 1. The molecule has 3 aromatic heterocycles. The molecule has 1 saturated heterocycles. The molecule has 2 atom stereocenters. The molecule has 4 aromatic rings. The number of halogens is 1. The molecule has 6 rings (SSSR count). The number of aliphatic hydroxyl groups is 1. The van der Waals surface area contributed by atoms with Crippen molar-refractivity contribution in [2.45, 2.75) is 64.7 Å². The van der Waals surface area contributed by atoms with Gasteiger partial charge in [0.1, 0.15) is 11.6 Å². The van der Waals surface area contributed by atoms with Gasteiger partial charge < -0.3 is 19.9 Å². The van der Waals surface area contributed by atoms with Crippen molar-refractivity contribution in [1.82, 2.24) is 24.8 Å². The molecule has 0 radical (unpaired) electrons. The van der Waals surface area contributed by atoms with Gasteiger partial charge in [-0.1, -0.05) is 19.1 Å². The van der Waals surface area contributed by atoms with E-state index < -0.39 is 5.95 Å². The molecule has 1 saturated carbocycles. The van der Waals surface area contributed by atoms with Crippen LogP contribution in [0.4, 0.5) is 10.3 Å². The van der Waals surface area contributed by atoms with E-state index in [4.69, 9.17) is 4.98 Å². The van der Waals surface area contributed by atoms with Crippen LogP contribution in [0.15, 0.2) is 60.3 Å². The largest absolute Gasteiger partial charge is 0.395 e. The number of anilines is 1. The van der Waals surface area contributed by atoms with E-state index in [0.717, 1.165) is 41.6 Å². The van der Waals surface area contributed by atoms with Crippen LogP contribution in [0, 0.1) is 22.7 Å². The maximum Gasteiger partial charge on any atom is 0.268 e. The second-order valence-electron chi connectivity index (χ2n) is 12.4. The predicted molar refractivity (Wildman–Crippen MR) is 174 cm³/mol. The third-order valence-corrected chi connectivity index (χ3v) is 9.85. The van der Waals surface area contributed by atoms with Crippen molar-refractivity contribution >= 4 is 40.1 Å². The highest BCUT2D eigenvalue weighted by Crippen LogP contribution is 2.47. The minimum absolute atomic E-state index is 0.0200. The van der Waals surface area contributed by atoms with E-state index in [0.29, 0.717) is 41.5 Å². The van der Waals surface area contributed by atoms with Crippen molar-refractivity contribution in [2.75, 3.05) is 18.5 Å². The molecule has 0 spiro atoms. The fourth-order valence-corrected chi connectivity index (χ4v) is 6.64. The van der Waals surface area contributed by atoms with E-state index in [9.17, 15) is 24.3 Å². The van der Waals surface area contributed by atoms with Crippen molar-refractivity contribution in [1.29, 1.82) is 5.26 Å². The minimum Gasteiger partial charge on any atom is -0.395 e. The quantitative estimate of drug-likeness (QED) is 0.115. The molecule has 46 heavy (non-hydrogen) atoms. The number of aliphatic hydroxyl groups excluding tert-OH is 1. The summed E-state index contributed by atoms with van der Waals surface area (Å²) < 4.78 is 15.6. The van der Waals surface area contributed by atoms with Gasteiger partial charge in [-0.25, -0.2) is 9.97 Å². The summed E-state index contributed by atoms with van der Waals surface area (Å²) in [4.78, 5) is 38.5. The molecule has 0 bridgehead atoms. The standard InChI is InChI=1S/C34H36FN7O3S/c1-21(20-43)38-18-22-5-6-27-26(14-22)39-33(40-31(44)29-8-7-28(46-29)23-9-12-37-30(35)15-23)42(27)19-25-4-3-13-41(25)32(45)24(17-36)16-34(2)10-11-34/h5-9,12,14-16,21,25,38,43H,3-4,10-11,13,18-20H2,1-2H3,(H,39,40,44)/t21-,25+/m0/s1. The fraction of sp³-hybridized carbons (Fsp3) is 0.382. The minimum atomic E-state index is -0.593. The highest BCUT2D eigenvalue weighted by atomic mass is 32.1. The van der Waals surface area contributed by atoms with Crippen LogP contribution in [-0.4, -0.2) is 61.6 Å². The second kappa shape index (κ2) is 13.1. The van der Waals surface area contributed by atoms with Gasteiger partial charge in [-0.15, -0.1) is 11.3 Å². The van der Waals surface area contributed by atoms with Crippen molar-refractivity contribution < 1.29 is 19.1 Å². The number of likely N-dealkylation sites (tertiary alicyclic amines) is 1. The van der Waals surface area contributed by atoms with E-state index >= 15 is 0 Å². The van der Waals surface area contributed by atoms with Gasteiger partial charge in [-0.05, 0) is 79.5 Å². The number of hydrogen-bond acceptors (Lipinski definition) is 8. The highest BCUT2D eigenvalue weighted by Gasteiger charge is 2.38. The lowest BCUT2D eigenvalue weighted by molar-refractivity contribution is -0.127. The number of hydrogen-bond donors (Lipinski definition) is 3. The summed E-state index contributed by atoms with van der Waals surface area (Å²) >= 11 is 1.24. The smallest absolute Gasteiger partial charge is 0.268 e. The Bertz CT molecular complexity index is 1850. The van der Waals surface area contributed by atoms with Gasteiger partial charge in [0.15, 0.2) is 0 Å². The Kier molecular flexibility index (Phi) is 8.99. The SMILES string of the molecule is C[C@@H](CO)NCc1ccc2c(c1)nc(NC(=O)c1ccc(-c3ccnc(F)c3)s1)n2C[C@H]1CCCN1C(=O)C(C#N)=CC1(C)CC1. The number of nitriles is 1. The molecule has 2 fully saturated rings. The van der Waals surface area contributed by atoms with Gasteiger partial charge in [-0.3, -0.25) is 14.9 Å². The number of nitrogens with zero attached hydrogens (tertiary/aromatic N) is 5. The maximum absolute atomic E-state index is 13.7. The van der Waals surface area contributed by atoms with Gasteiger partial charge in [-0.2, -0.15) is 9.65 Å². The monoisotopic (exact) mass is 641 g/mol. The summed E-state index contributed by atoms with van der Waals surface area (Å²) in [6, 6.07) is 14.2. The zero-order chi connectivity index (χ0) is 32.4. The second-order valence-corrected chi connectivity index (χ2v) is 13.5. The summed E-state index contributed by atoms with van der Waals surface area (Å²) in [5, 5.41) is 25.5. The van der Waals surface area contributed by atoms with Crippen LogP contribution in [0.3, 0.4) is 0 Å². The lowest BCUT2D eigenvalue weighted by Gasteiger charge is -2.26. The number of rotatable bonds is 11. The molecule has 4 heterocycles. The normalized spacial score (nSPS) is 18.0. The Balaban J connectivity index is 1.29. The zero-order valence-electron chi connectivity index (χ0n) is 25.8. The molecule has 0 unspecified atom stereocenters. The first-order chi connectivity index (χ1) is 22.2. The van der Waals surface area contributed by atoms with Gasteiger partial charge in [0.25, 0.3) is 11.8 Å². The molecule has 238 valence electrons. The number of pyridine rings is 1. The first-order valence-electron chi connectivity index (χ1n) is 15.5. The van der Waals surface area contributed by atoms with Crippen LogP contribution < -0.4 is 10.6 Å². The molecule has 10 nitrogen and oxygen atoms in total. The van der Waals surface area contributed by atoms with E-state index in [1.165, 1.54) is 23.6 Å². The summed E-state index contributed by atoms with van der Waals surface area (Å²) in [5.41, 5.74) is 3.19. The number of imidazole rings is 1. The molecule has 1 aliphatic heterocycles. The Labute approximate surface area is 270 Å². The molecule has 3 N–H and O–H groups in total. The lowest BCUT2D eigenvalue weighted by atomic mass is 10.0. The number of aromatic nitrogens is 3. The van der Waals surface area contributed by atoms with Crippen molar-refractivity contribution in [3.8, 4) is 16.5 Å². The molecule has 1 aromatic carbocycles. The van der Waals surface area contributed by atoms with Crippen LogP contribution in [0.2, 0.25) is 0 Å². The van der Waals surface area contributed by atoms with E-state index in [1.54, 1.807) is 23.1 Å². The summed E-state index contributed by atoms with van der Waals surface area (Å²) in [5.74, 6) is -0.852. The van der Waals surface area contributed by atoms with Crippen LogP contribution in [0.25, 0.3) is 21.5 Å². The Morgan fingerprint density at radius 3 is 2.83 bits per heavy atom. The molecule has 1 aliphatic carbocycles. The Hall–Kier alpha value is -4.44. The first-order valence-corrected chi connectivity index (χ1v) is 16.3. The molecular formula is C34H36FN7O3S. The van der Waals surface area contributed by atoms with E-state index in [-0.39, 0.29) is 41.5 Å². The molecular weight excluding hydrogens is 605 g/mol. The van der Waals surface area contributed by atoms with Crippen LogP contribution >= 0.6 is 11.3 Å². The number of fused-ring (bicyclic) bond motifs is 1. The fourth-order valence-electron chi connectivity index (χ4n) is 5.75. The number of carbonyl (C=O) groups excluding carboxylic acids is 2. The lowest BCUT2D eigenvalue weighted by Crippen LogP contribution is -2.39. The number of amides is 2. The molecule has 2 aliphatic rings. The van der Waals surface area contributed by atoms with Gasteiger partial charge in [0.2, 0.25) is 11.9 Å². The Morgan fingerprint density at radius 1 is 1.26 bits per heavy atom. The number of nitrogens with one attached hydrogen (secondary N) is 2.